The zero-order chi connectivity index (χ0) is 15.5. The van der Waals surface area contributed by atoms with Gasteiger partial charge in [0.2, 0.25) is 0 Å². The van der Waals surface area contributed by atoms with Crippen LogP contribution in [0.1, 0.15) is 11.9 Å². The van der Waals surface area contributed by atoms with Crippen LogP contribution in [-0.4, -0.2) is 11.6 Å². The third kappa shape index (κ3) is 3.17. The Morgan fingerprint density at radius 1 is 1.23 bits per heavy atom. The Hall–Kier alpha value is -2.21. The first-order valence-corrected chi connectivity index (χ1v) is 7.68. The minimum atomic E-state index is -0.612. The fourth-order valence-corrected chi connectivity index (χ4v) is 3.01. The normalized spacial score (nSPS) is 10.9. The molecule has 6 heteroatoms. The SMILES string of the molecule is CCOc1cccc(NCc2nc3cc(F)cc(F)c3s2)c1. The smallest absolute Gasteiger partial charge is 0.145 e. The third-order valence-corrected chi connectivity index (χ3v) is 4.12. The summed E-state index contributed by atoms with van der Waals surface area (Å²) in [6, 6.07) is 9.69. The van der Waals surface area contributed by atoms with Crippen molar-refractivity contribution in [2.45, 2.75) is 13.5 Å². The Bertz CT molecular complexity index is 804. The van der Waals surface area contributed by atoms with E-state index >= 15 is 0 Å². The lowest BCUT2D eigenvalue weighted by atomic mass is 10.3. The Morgan fingerprint density at radius 2 is 2.09 bits per heavy atom. The highest BCUT2D eigenvalue weighted by molar-refractivity contribution is 7.18. The predicted molar refractivity (Wildman–Crippen MR) is 84.5 cm³/mol. The molecule has 3 nitrogen and oxygen atoms in total. The average molecular weight is 320 g/mol. The standard InChI is InChI=1S/C16H14F2N2OS/c1-2-21-12-5-3-4-11(8-12)19-9-15-20-14-7-10(17)6-13(18)16(14)22-15/h3-8,19H,2,9H2,1H3. The summed E-state index contributed by atoms with van der Waals surface area (Å²) in [4.78, 5) is 4.25. The zero-order valence-corrected chi connectivity index (χ0v) is 12.7. The second-order valence-corrected chi connectivity index (χ2v) is 5.74. The molecule has 22 heavy (non-hydrogen) atoms. The fraction of sp³-hybridized carbons (Fsp3) is 0.188. The number of nitrogens with zero attached hydrogens (tertiary/aromatic N) is 1. The summed E-state index contributed by atoms with van der Waals surface area (Å²) in [7, 11) is 0. The lowest BCUT2D eigenvalue weighted by Gasteiger charge is -2.07. The van der Waals surface area contributed by atoms with E-state index in [1.54, 1.807) is 0 Å². The number of nitrogens with one attached hydrogen (secondary N) is 1. The van der Waals surface area contributed by atoms with Gasteiger partial charge in [-0.15, -0.1) is 11.3 Å². The number of hydrogen-bond donors (Lipinski definition) is 1. The van der Waals surface area contributed by atoms with E-state index in [9.17, 15) is 8.78 Å². The number of anilines is 1. The van der Waals surface area contributed by atoms with Crippen LogP contribution in [0.5, 0.6) is 5.75 Å². The van der Waals surface area contributed by atoms with Crippen LogP contribution in [0.25, 0.3) is 10.2 Å². The lowest BCUT2D eigenvalue weighted by molar-refractivity contribution is 0.340. The Balaban J connectivity index is 1.76. The van der Waals surface area contributed by atoms with Crippen LogP contribution in [-0.2, 0) is 6.54 Å². The van der Waals surface area contributed by atoms with Gasteiger partial charge in [0, 0.05) is 23.9 Å². The summed E-state index contributed by atoms with van der Waals surface area (Å²) in [5.41, 5.74) is 1.24. The molecule has 1 N–H and O–H groups in total. The molecule has 0 atom stereocenters. The highest BCUT2D eigenvalue weighted by Crippen LogP contribution is 2.27. The molecule has 0 aliphatic heterocycles. The first kappa shape index (κ1) is 14.7. The molecule has 0 amide bonds. The topological polar surface area (TPSA) is 34.1 Å². The molecule has 0 aliphatic carbocycles. The number of aromatic nitrogens is 1. The van der Waals surface area contributed by atoms with Crippen LogP contribution in [0, 0.1) is 11.6 Å². The van der Waals surface area contributed by atoms with Crippen molar-refractivity contribution in [2.75, 3.05) is 11.9 Å². The molecule has 0 unspecified atom stereocenters. The highest BCUT2D eigenvalue weighted by atomic mass is 32.1. The van der Waals surface area contributed by atoms with Gasteiger partial charge in [-0.05, 0) is 19.1 Å². The van der Waals surface area contributed by atoms with Gasteiger partial charge >= 0.3 is 0 Å². The van der Waals surface area contributed by atoms with E-state index in [-0.39, 0.29) is 0 Å². The van der Waals surface area contributed by atoms with E-state index in [1.807, 2.05) is 31.2 Å². The molecular formula is C16H14F2N2OS. The van der Waals surface area contributed by atoms with Crippen molar-refractivity contribution < 1.29 is 13.5 Å². The second kappa shape index (κ2) is 6.27. The van der Waals surface area contributed by atoms with E-state index in [0.717, 1.165) is 17.5 Å². The maximum atomic E-state index is 13.7. The molecule has 114 valence electrons. The molecule has 0 saturated heterocycles. The largest absolute Gasteiger partial charge is 0.494 e. The molecule has 0 fully saturated rings. The molecule has 0 saturated carbocycles. The predicted octanol–water partition coefficient (Wildman–Crippen LogP) is 4.59. The maximum absolute atomic E-state index is 13.7. The quantitative estimate of drug-likeness (QED) is 0.747. The van der Waals surface area contributed by atoms with Crippen LogP contribution in [0.2, 0.25) is 0 Å². The number of rotatable bonds is 5. The molecule has 0 bridgehead atoms. The van der Waals surface area contributed by atoms with E-state index < -0.39 is 11.6 Å². The van der Waals surface area contributed by atoms with Crippen molar-refractivity contribution in [1.29, 1.82) is 0 Å². The summed E-state index contributed by atoms with van der Waals surface area (Å²) in [6.07, 6.45) is 0. The van der Waals surface area contributed by atoms with Crippen molar-refractivity contribution in [2.24, 2.45) is 0 Å². The van der Waals surface area contributed by atoms with Gasteiger partial charge in [-0.25, -0.2) is 13.8 Å². The Labute approximate surface area is 130 Å². The van der Waals surface area contributed by atoms with Crippen LogP contribution >= 0.6 is 11.3 Å². The number of benzene rings is 2. The van der Waals surface area contributed by atoms with Crippen LogP contribution in [0.15, 0.2) is 36.4 Å². The van der Waals surface area contributed by atoms with Gasteiger partial charge in [0.1, 0.15) is 22.4 Å². The van der Waals surface area contributed by atoms with Crippen molar-refractivity contribution in [3.05, 3.63) is 53.0 Å². The number of hydrogen-bond acceptors (Lipinski definition) is 4. The van der Waals surface area contributed by atoms with E-state index in [1.165, 1.54) is 17.4 Å². The number of ether oxygens (including phenoxy) is 1. The molecule has 2 aromatic carbocycles. The molecule has 3 rings (SSSR count). The summed E-state index contributed by atoms with van der Waals surface area (Å²) >= 11 is 1.22. The van der Waals surface area contributed by atoms with Crippen LogP contribution < -0.4 is 10.1 Å². The first-order chi connectivity index (χ1) is 10.7. The molecule has 1 aromatic heterocycles. The minimum Gasteiger partial charge on any atom is -0.494 e. The van der Waals surface area contributed by atoms with E-state index in [4.69, 9.17) is 4.74 Å². The lowest BCUT2D eigenvalue weighted by Crippen LogP contribution is -1.99. The Kier molecular flexibility index (Phi) is 4.20. The van der Waals surface area contributed by atoms with Crippen molar-refractivity contribution >= 4 is 27.2 Å². The third-order valence-electron chi connectivity index (χ3n) is 3.04. The van der Waals surface area contributed by atoms with Crippen LogP contribution in [0.3, 0.4) is 0 Å². The van der Waals surface area contributed by atoms with Gasteiger partial charge in [0.15, 0.2) is 0 Å². The maximum Gasteiger partial charge on any atom is 0.145 e. The molecule has 0 spiro atoms. The molecule has 3 aromatic rings. The highest BCUT2D eigenvalue weighted by Gasteiger charge is 2.10. The summed E-state index contributed by atoms with van der Waals surface area (Å²) in [6.45, 7) is 2.97. The van der Waals surface area contributed by atoms with Gasteiger partial charge in [0.05, 0.1) is 23.4 Å². The first-order valence-electron chi connectivity index (χ1n) is 6.87. The number of halogens is 2. The zero-order valence-electron chi connectivity index (χ0n) is 11.9. The minimum absolute atomic E-state index is 0.349. The average Bonchev–Trinajstić information content (AvgIpc) is 2.89. The van der Waals surface area contributed by atoms with E-state index in [2.05, 4.69) is 10.3 Å². The van der Waals surface area contributed by atoms with Crippen molar-refractivity contribution in [1.82, 2.24) is 4.98 Å². The summed E-state index contributed by atoms with van der Waals surface area (Å²) in [5.74, 6) is -0.402. The van der Waals surface area contributed by atoms with Gasteiger partial charge in [-0.1, -0.05) is 6.07 Å². The van der Waals surface area contributed by atoms with Crippen molar-refractivity contribution in [3.63, 3.8) is 0 Å². The number of thiazole rings is 1. The Morgan fingerprint density at radius 3 is 2.91 bits per heavy atom. The second-order valence-electron chi connectivity index (χ2n) is 4.66. The fourth-order valence-electron chi connectivity index (χ4n) is 2.12. The molecular weight excluding hydrogens is 306 g/mol. The van der Waals surface area contributed by atoms with Gasteiger partial charge in [-0.3, -0.25) is 0 Å². The summed E-state index contributed by atoms with van der Waals surface area (Å²) in [5, 5.41) is 3.90. The molecule has 0 aliphatic rings. The van der Waals surface area contributed by atoms with Crippen molar-refractivity contribution in [3.8, 4) is 5.75 Å². The molecule has 0 radical (unpaired) electrons. The molecule has 1 heterocycles. The van der Waals surface area contributed by atoms with Crippen LogP contribution in [0.4, 0.5) is 14.5 Å². The van der Waals surface area contributed by atoms with Gasteiger partial charge in [0.25, 0.3) is 0 Å². The van der Waals surface area contributed by atoms with Gasteiger partial charge in [-0.2, -0.15) is 0 Å². The van der Waals surface area contributed by atoms with E-state index in [0.29, 0.717) is 28.4 Å². The van der Waals surface area contributed by atoms with Gasteiger partial charge < -0.3 is 10.1 Å². The summed E-state index contributed by atoms with van der Waals surface area (Å²) < 4.78 is 32.6. The monoisotopic (exact) mass is 320 g/mol. The number of fused-ring (bicyclic) bond motifs is 1.